The molecular weight excluding hydrogens is 521 g/mol. The van der Waals surface area contributed by atoms with E-state index in [-0.39, 0.29) is 0 Å². The Morgan fingerprint density at radius 2 is 1.82 bits per heavy atom. The zero-order valence-electron chi connectivity index (χ0n) is 22.1. The molecule has 11 heteroatoms. The van der Waals surface area contributed by atoms with Crippen molar-refractivity contribution in [1.82, 2.24) is 25.5 Å². The number of ether oxygens (including phenoxy) is 2. The minimum atomic E-state index is -4.34. The van der Waals surface area contributed by atoms with Gasteiger partial charge in [-0.3, -0.25) is 5.10 Å². The molecule has 0 aliphatic carbocycles. The first kappa shape index (κ1) is 27.5. The highest BCUT2D eigenvalue weighted by Gasteiger charge is 2.30. The van der Waals surface area contributed by atoms with Crippen LogP contribution in [0.15, 0.2) is 60.9 Å². The largest absolute Gasteiger partial charge is 0.481 e. The van der Waals surface area contributed by atoms with Gasteiger partial charge in [-0.15, -0.1) is 0 Å². The van der Waals surface area contributed by atoms with Crippen molar-refractivity contribution in [2.45, 2.75) is 25.6 Å². The lowest BCUT2D eigenvalue weighted by molar-refractivity contribution is -0.137. The number of H-pyrrole nitrogens is 2. The van der Waals surface area contributed by atoms with E-state index in [1.165, 1.54) is 12.1 Å². The van der Waals surface area contributed by atoms with Gasteiger partial charge in [-0.1, -0.05) is 0 Å². The van der Waals surface area contributed by atoms with Crippen LogP contribution in [-0.4, -0.2) is 53.6 Å². The van der Waals surface area contributed by atoms with Crippen LogP contribution in [0, 0.1) is 0 Å². The molecule has 40 heavy (non-hydrogen) atoms. The van der Waals surface area contributed by atoms with E-state index in [1.54, 1.807) is 25.6 Å². The normalized spacial score (nSPS) is 11.9. The Morgan fingerprint density at radius 3 is 2.67 bits per heavy atom. The zero-order valence-corrected chi connectivity index (χ0v) is 22.1. The van der Waals surface area contributed by atoms with Crippen LogP contribution in [0.2, 0.25) is 0 Å². The van der Waals surface area contributed by atoms with Gasteiger partial charge in [-0.25, -0.2) is 4.98 Å². The number of halogens is 3. The van der Waals surface area contributed by atoms with Crippen LogP contribution in [0.5, 0.6) is 5.88 Å². The predicted molar refractivity (Wildman–Crippen MR) is 149 cm³/mol. The third-order valence-electron chi connectivity index (χ3n) is 6.61. The van der Waals surface area contributed by atoms with E-state index in [4.69, 9.17) is 9.47 Å². The Balaban J connectivity index is 1.01. The highest BCUT2D eigenvalue weighted by atomic mass is 19.4. The fraction of sp³-hybridized carbons (Fsp3) is 0.310. The first-order chi connectivity index (χ1) is 19.4. The van der Waals surface area contributed by atoms with Gasteiger partial charge in [0.05, 0.1) is 31.0 Å². The third kappa shape index (κ3) is 6.72. The van der Waals surface area contributed by atoms with Crippen LogP contribution in [0.1, 0.15) is 24.1 Å². The highest BCUT2D eigenvalue weighted by Crippen LogP contribution is 2.32. The number of anilines is 1. The second-order valence-corrected chi connectivity index (χ2v) is 9.46. The molecule has 0 radical (unpaired) electrons. The molecule has 3 aromatic heterocycles. The third-order valence-corrected chi connectivity index (χ3v) is 6.61. The summed E-state index contributed by atoms with van der Waals surface area (Å²) >= 11 is 0. The molecule has 0 amide bonds. The van der Waals surface area contributed by atoms with Gasteiger partial charge in [0.1, 0.15) is 0 Å². The van der Waals surface area contributed by atoms with Gasteiger partial charge in [0.15, 0.2) is 0 Å². The van der Waals surface area contributed by atoms with Crippen molar-refractivity contribution in [3.63, 3.8) is 0 Å². The number of hydrogen-bond donors (Lipinski definition) is 4. The van der Waals surface area contributed by atoms with Crippen molar-refractivity contribution in [2.75, 3.05) is 38.7 Å². The number of pyridine rings is 1. The summed E-state index contributed by atoms with van der Waals surface area (Å²) in [5.74, 6) is 0.557. The maximum absolute atomic E-state index is 12.9. The fourth-order valence-electron chi connectivity index (χ4n) is 4.57. The van der Waals surface area contributed by atoms with Crippen LogP contribution in [0.3, 0.4) is 0 Å². The molecule has 5 rings (SSSR count). The molecule has 0 unspecified atom stereocenters. The standard InChI is InChI=1S/C29H31F3N6O2/c1-39-28-16-19(6-8-35-28)20-14-26(24-18-36-38-27(24)15-20)34-9-11-40-10-3-2-7-33-17-23-13-21-12-22(29(30,31)32)4-5-25(21)37-23/h4-6,8,12-16,18,33-34,37H,2-3,7,9-11,17H2,1H3,(H,36,38). The molecule has 0 bridgehead atoms. The minimum Gasteiger partial charge on any atom is -0.481 e. The van der Waals surface area contributed by atoms with Gasteiger partial charge in [-0.2, -0.15) is 18.3 Å². The Hall–Kier alpha value is -4.09. The monoisotopic (exact) mass is 552 g/mol. The van der Waals surface area contributed by atoms with Crippen molar-refractivity contribution in [3.8, 4) is 17.0 Å². The number of aromatic nitrogens is 4. The molecule has 0 aliphatic heterocycles. The van der Waals surface area contributed by atoms with Gasteiger partial charge in [-0.05, 0) is 73.0 Å². The number of rotatable bonds is 13. The molecule has 0 atom stereocenters. The Kier molecular flexibility index (Phi) is 8.51. The van der Waals surface area contributed by atoms with Gasteiger partial charge >= 0.3 is 6.18 Å². The molecule has 0 spiro atoms. The summed E-state index contributed by atoms with van der Waals surface area (Å²) in [6.07, 6.45) is 1.02. The number of alkyl halides is 3. The van der Waals surface area contributed by atoms with Crippen LogP contribution in [0.4, 0.5) is 18.9 Å². The summed E-state index contributed by atoms with van der Waals surface area (Å²) in [5.41, 5.74) is 4.84. The number of benzene rings is 2. The predicted octanol–water partition coefficient (Wildman–Crippen LogP) is 6.13. The molecule has 210 valence electrons. The van der Waals surface area contributed by atoms with Crippen molar-refractivity contribution < 1.29 is 22.6 Å². The average Bonchev–Trinajstić information content (AvgIpc) is 3.59. The lowest BCUT2D eigenvalue weighted by Crippen LogP contribution is -2.16. The van der Waals surface area contributed by atoms with Crippen molar-refractivity contribution in [3.05, 3.63) is 72.2 Å². The van der Waals surface area contributed by atoms with E-state index in [1.807, 2.05) is 12.1 Å². The van der Waals surface area contributed by atoms with E-state index in [0.29, 0.717) is 43.1 Å². The number of methoxy groups -OCH3 is 1. The van der Waals surface area contributed by atoms with E-state index in [2.05, 4.69) is 42.9 Å². The van der Waals surface area contributed by atoms with Gasteiger partial charge in [0.2, 0.25) is 5.88 Å². The van der Waals surface area contributed by atoms with Gasteiger partial charge < -0.3 is 25.1 Å². The Morgan fingerprint density at radius 1 is 0.925 bits per heavy atom. The molecule has 2 aromatic carbocycles. The number of fused-ring (bicyclic) bond motifs is 2. The molecule has 8 nitrogen and oxygen atoms in total. The summed E-state index contributed by atoms with van der Waals surface area (Å²) in [6, 6.07) is 13.5. The smallest absolute Gasteiger partial charge is 0.416 e. The summed E-state index contributed by atoms with van der Waals surface area (Å²) in [5, 5.41) is 15.6. The average molecular weight is 553 g/mol. The molecule has 0 aliphatic rings. The minimum absolute atomic E-state index is 0.557. The van der Waals surface area contributed by atoms with Crippen LogP contribution in [0.25, 0.3) is 32.9 Å². The second-order valence-electron chi connectivity index (χ2n) is 9.46. The molecule has 3 heterocycles. The molecule has 5 aromatic rings. The summed E-state index contributed by atoms with van der Waals surface area (Å²) in [7, 11) is 1.60. The van der Waals surface area contributed by atoms with E-state index < -0.39 is 11.7 Å². The summed E-state index contributed by atoms with van der Waals surface area (Å²) < 4.78 is 49.8. The molecule has 4 N–H and O–H groups in total. The topological polar surface area (TPSA) is 99.9 Å². The Labute approximate surface area is 229 Å². The second kappa shape index (κ2) is 12.4. The quantitative estimate of drug-likeness (QED) is 0.131. The first-order valence-corrected chi connectivity index (χ1v) is 13.1. The van der Waals surface area contributed by atoms with Crippen LogP contribution < -0.4 is 15.4 Å². The highest BCUT2D eigenvalue weighted by molar-refractivity contribution is 5.95. The number of nitrogens with zero attached hydrogens (tertiary/aromatic N) is 2. The van der Waals surface area contributed by atoms with Gasteiger partial charge in [0, 0.05) is 59.6 Å². The zero-order chi connectivity index (χ0) is 28.0. The van der Waals surface area contributed by atoms with Crippen LogP contribution in [-0.2, 0) is 17.5 Å². The van der Waals surface area contributed by atoms with Crippen molar-refractivity contribution >= 4 is 27.5 Å². The summed E-state index contributed by atoms with van der Waals surface area (Å²) in [6.45, 7) is 3.21. The van der Waals surface area contributed by atoms with E-state index in [9.17, 15) is 13.2 Å². The molecule has 0 saturated carbocycles. The Bertz CT molecular complexity index is 1560. The number of hydrogen-bond acceptors (Lipinski definition) is 6. The van der Waals surface area contributed by atoms with Crippen LogP contribution >= 0.6 is 0 Å². The van der Waals surface area contributed by atoms with Gasteiger partial charge in [0.25, 0.3) is 0 Å². The van der Waals surface area contributed by atoms with E-state index in [0.717, 1.165) is 58.9 Å². The SMILES string of the molecule is COc1cc(-c2cc(NCCOCCCCNCc3cc4cc(C(F)(F)F)ccc4[nH]3)c3cn[nH]c3c2)ccn1. The lowest BCUT2D eigenvalue weighted by atomic mass is 10.0. The maximum atomic E-state index is 12.9. The number of aromatic amines is 2. The molecular formula is C29H31F3N6O2. The van der Waals surface area contributed by atoms with Crippen molar-refractivity contribution in [2.24, 2.45) is 0 Å². The molecule has 0 fully saturated rings. The number of unbranched alkanes of at least 4 members (excludes halogenated alkanes) is 1. The van der Waals surface area contributed by atoms with E-state index >= 15 is 0 Å². The first-order valence-electron chi connectivity index (χ1n) is 13.1. The summed E-state index contributed by atoms with van der Waals surface area (Å²) in [4.78, 5) is 7.34. The lowest BCUT2D eigenvalue weighted by Gasteiger charge is -2.11. The fourth-order valence-corrected chi connectivity index (χ4v) is 4.57. The maximum Gasteiger partial charge on any atom is 0.416 e. The number of nitrogens with one attached hydrogen (secondary N) is 4. The van der Waals surface area contributed by atoms with Crippen molar-refractivity contribution in [1.29, 1.82) is 0 Å². The molecule has 0 saturated heterocycles.